The molecule has 1 fully saturated rings. The summed E-state index contributed by atoms with van der Waals surface area (Å²) in [7, 11) is 0. The van der Waals surface area contributed by atoms with Crippen molar-refractivity contribution >= 4 is 23.6 Å². The topological polar surface area (TPSA) is 142 Å². The molecule has 1 unspecified atom stereocenters. The van der Waals surface area contributed by atoms with Gasteiger partial charge in [0.1, 0.15) is 11.8 Å². The van der Waals surface area contributed by atoms with E-state index in [-0.39, 0.29) is 30.1 Å². The molecule has 3 rings (SSSR count). The smallest absolute Gasteiger partial charge is 0.312 e. The van der Waals surface area contributed by atoms with Crippen LogP contribution in [0.4, 0.5) is 0 Å². The van der Waals surface area contributed by atoms with Gasteiger partial charge in [-0.3, -0.25) is 19.2 Å². The van der Waals surface area contributed by atoms with Gasteiger partial charge in [0.15, 0.2) is 11.9 Å². The number of hydrogen-bond donors (Lipinski definition) is 4. The van der Waals surface area contributed by atoms with Crippen molar-refractivity contribution in [3.8, 4) is 5.75 Å². The Morgan fingerprint density at radius 1 is 1.05 bits per heavy atom. The Morgan fingerprint density at radius 3 is 2.32 bits per heavy atom. The van der Waals surface area contributed by atoms with Gasteiger partial charge in [-0.2, -0.15) is 0 Å². The number of carbonyl (C=O) groups is 4. The van der Waals surface area contributed by atoms with E-state index in [1.54, 1.807) is 32.9 Å². The third-order valence-corrected chi connectivity index (χ3v) is 6.90. The minimum absolute atomic E-state index is 0.0200. The number of esters is 1. The number of aliphatic hydroxyl groups is 1. The van der Waals surface area contributed by atoms with Crippen LogP contribution >= 0.6 is 0 Å². The highest BCUT2D eigenvalue weighted by molar-refractivity contribution is 6.00. The van der Waals surface area contributed by atoms with Crippen LogP contribution in [0.25, 0.3) is 0 Å². The van der Waals surface area contributed by atoms with Crippen LogP contribution in [0.5, 0.6) is 5.75 Å². The number of aromatic hydroxyl groups is 1. The number of Topliss-reactive ketones (excluding diaryl/α,β-unsaturated/α-hetero) is 1. The highest BCUT2D eigenvalue weighted by atomic mass is 16.5. The van der Waals surface area contributed by atoms with Crippen molar-refractivity contribution in [2.75, 3.05) is 0 Å². The first-order valence-corrected chi connectivity index (χ1v) is 12.8. The number of aliphatic hydroxyl groups excluding tert-OH is 1. The molecule has 0 bridgehead atoms. The molecular weight excluding hydrogens is 488 g/mol. The van der Waals surface area contributed by atoms with Gasteiger partial charge in [-0.25, -0.2) is 0 Å². The van der Waals surface area contributed by atoms with Crippen molar-refractivity contribution in [1.29, 1.82) is 0 Å². The molecule has 0 saturated carbocycles. The third kappa shape index (κ3) is 6.98. The number of hydrogen-bond acceptors (Lipinski definition) is 7. The lowest BCUT2D eigenvalue weighted by Crippen LogP contribution is -2.57. The molecular formula is C29H36N2O7. The second-order valence-electron chi connectivity index (χ2n) is 10.3. The van der Waals surface area contributed by atoms with Gasteiger partial charge < -0.3 is 25.6 Å². The van der Waals surface area contributed by atoms with E-state index in [1.165, 1.54) is 19.1 Å². The fourth-order valence-corrected chi connectivity index (χ4v) is 4.59. The number of phenolic OH excluding ortho intramolecular Hbond substituents is 1. The van der Waals surface area contributed by atoms with E-state index in [9.17, 15) is 29.4 Å². The molecule has 1 aliphatic rings. The molecule has 38 heavy (non-hydrogen) atoms. The lowest BCUT2D eigenvalue weighted by atomic mass is 9.88. The number of carbonyl (C=O) groups excluding carboxylic acids is 4. The molecule has 2 aromatic rings. The third-order valence-electron chi connectivity index (χ3n) is 6.90. The highest BCUT2D eigenvalue weighted by Crippen LogP contribution is 2.23. The molecule has 2 aromatic carbocycles. The number of phenols is 1. The summed E-state index contributed by atoms with van der Waals surface area (Å²) in [6, 6.07) is 13.0. The SMILES string of the molecule is CC(C)C1OC(=O)[C@H](C)[C@H](O)[C@H](Cc2ccccc2)NC(=O)[C@@H](NC(=O)c2ccccc2O)[C@@H](C)CC1=O. The van der Waals surface area contributed by atoms with Crippen LogP contribution in [0.2, 0.25) is 0 Å². The molecule has 0 aromatic heterocycles. The minimum atomic E-state index is -1.33. The quantitative estimate of drug-likeness (QED) is 0.440. The molecule has 6 atom stereocenters. The summed E-state index contributed by atoms with van der Waals surface area (Å²) < 4.78 is 5.57. The second kappa shape index (κ2) is 12.7. The predicted molar refractivity (Wildman–Crippen MR) is 140 cm³/mol. The number of rotatable bonds is 5. The lowest BCUT2D eigenvalue weighted by Gasteiger charge is -2.33. The molecule has 0 spiro atoms. The summed E-state index contributed by atoms with van der Waals surface area (Å²) in [5.74, 6) is -4.73. The van der Waals surface area contributed by atoms with Crippen LogP contribution in [0.1, 0.15) is 50.0 Å². The molecule has 1 heterocycles. The van der Waals surface area contributed by atoms with Gasteiger partial charge in [-0.1, -0.05) is 63.2 Å². The molecule has 1 aliphatic heterocycles. The van der Waals surface area contributed by atoms with Gasteiger partial charge in [-0.05, 0) is 42.9 Å². The van der Waals surface area contributed by atoms with Crippen molar-refractivity contribution in [3.05, 3.63) is 65.7 Å². The fourth-order valence-electron chi connectivity index (χ4n) is 4.59. The Balaban J connectivity index is 1.99. The van der Waals surface area contributed by atoms with Crippen LogP contribution in [-0.2, 0) is 25.5 Å². The van der Waals surface area contributed by atoms with Crippen molar-refractivity contribution in [3.63, 3.8) is 0 Å². The standard InChI is InChI=1S/C29H36N2O7/c1-16(2)26-23(33)14-17(3)24(31-27(35)20-12-8-9-13-22(20)32)28(36)30-21(15-19-10-6-5-7-11-19)25(34)18(4)29(37)38-26/h5-13,16-18,21,24-26,32,34H,14-15H2,1-4H3,(H,30,36)(H,31,35)/t17-,18+,21-,24-,25-,26?/m0/s1. The summed E-state index contributed by atoms with van der Waals surface area (Å²) in [6.45, 7) is 6.63. The number of ketones is 1. The maximum Gasteiger partial charge on any atom is 0.312 e. The van der Waals surface area contributed by atoms with Gasteiger partial charge in [0.25, 0.3) is 5.91 Å². The first kappa shape index (κ1) is 28.8. The number of nitrogens with one attached hydrogen (secondary N) is 2. The van der Waals surface area contributed by atoms with Gasteiger partial charge in [0.2, 0.25) is 5.91 Å². The Labute approximate surface area is 222 Å². The monoisotopic (exact) mass is 524 g/mol. The molecule has 2 amide bonds. The van der Waals surface area contributed by atoms with Gasteiger partial charge in [0.05, 0.1) is 23.6 Å². The number of cyclic esters (lactones) is 1. The van der Waals surface area contributed by atoms with Crippen LogP contribution in [-0.4, -0.2) is 58.1 Å². The van der Waals surface area contributed by atoms with Gasteiger partial charge >= 0.3 is 5.97 Å². The normalized spacial score (nSPS) is 27.1. The van der Waals surface area contributed by atoms with Crippen molar-refractivity contribution in [2.45, 2.75) is 64.8 Å². The maximum atomic E-state index is 13.6. The number of para-hydroxylation sites is 1. The van der Waals surface area contributed by atoms with Crippen molar-refractivity contribution in [1.82, 2.24) is 10.6 Å². The molecule has 9 heteroatoms. The number of ether oxygens (including phenoxy) is 1. The Morgan fingerprint density at radius 2 is 1.68 bits per heavy atom. The largest absolute Gasteiger partial charge is 0.507 e. The van der Waals surface area contributed by atoms with E-state index in [0.29, 0.717) is 0 Å². The summed E-state index contributed by atoms with van der Waals surface area (Å²) in [6.07, 6.45) is -2.33. The van der Waals surface area contributed by atoms with Crippen LogP contribution in [0.15, 0.2) is 54.6 Å². The Kier molecular flexibility index (Phi) is 9.63. The number of amides is 2. The molecule has 0 radical (unpaired) electrons. The highest BCUT2D eigenvalue weighted by Gasteiger charge is 2.39. The predicted octanol–water partition coefficient (Wildman–Crippen LogP) is 2.39. The van der Waals surface area contributed by atoms with E-state index in [2.05, 4.69) is 10.6 Å². The molecule has 4 N–H and O–H groups in total. The fraction of sp³-hybridized carbons (Fsp3) is 0.448. The van der Waals surface area contributed by atoms with Crippen LogP contribution in [0.3, 0.4) is 0 Å². The zero-order valence-corrected chi connectivity index (χ0v) is 22.1. The summed E-state index contributed by atoms with van der Waals surface area (Å²) in [4.78, 5) is 52.7. The Hall–Kier alpha value is -3.72. The minimum Gasteiger partial charge on any atom is -0.507 e. The first-order chi connectivity index (χ1) is 18.0. The zero-order chi connectivity index (χ0) is 28.0. The van der Waals surface area contributed by atoms with E-state index < -0.39 is 59.7 Å². The van der Waals surface area contributed by atoms with Crippen LogP contribution in [0, 0.1) is 17.8 Å². The van der Waals surface area contributed by atoms with E-state index >= 15 is 0 Å². The van der Waals surface area contributed by atoms with Gasteiger partial charge in [0, 0.05) is 6.42 Å². The second-order valence-corrected chi connectivity index (χ2v) is 10.3. The first-order valence-electron chi connectivity index (χ1n) is 12.8. The zero-order valence-electron chi connectivity index (χ0n) is 22.1. The van der Waals surface area contributed by atoms with E-state index in [4.69, 9.17) is 4.74 Å². The van der Waals surface area contributed by atoms with Crippen molar-refractivity contribution in [2.24, 2.45) is 17.8 Å². The average Bonchev–Trinajstić information content (AvgIpc) is 2.88. The molecule has 9 nitrogen and oxygen atoms in total. The van der Waals surface area contributed by atoms with Crippen molar-refractivity contribution < 1.29 is 34.1 Å². The van der Waals surface area contributed by atoms with E-state index in [0.717, 1.165) is 5.56 Å². The number of benzene rings is 2. The summed E-state index contributed by atoms with van der Waals surface area (Å²) in [5, 5.41) is 26.8. The molecule has 0 aliphatic carbocycles. The summed E-state index contributed by atoms with van der Waals surface area (Å²) in [5.41, 5.74) is 0.802. The Bertz CT molecular complexity index is 1150. The van der Waals surface area contributed by atoms with Gasteiger partial charge in [-0.15, -0.1) is 0 Å². The maximum absolute atomic E-state index is 13.6. The summed E-state index contributed by atoms with van der Waals surface area (Å²) >= 11 is 0. The van der Waals surface area contributed by atoms with Crippen LogP contribution < -0.4 is 10.6 Å². The molecule has 204 valence electrons. The lowest BCUT2D eigenvalue weighted by molar-refractivity contribution is -0.166. The molecule has 1 saturated heterocycles. The van der Waals surface area contributed by atoms with E-state index in [1.807, 2.05) is 30.3 Å². The average molecular weight is 525 g/mol.